The Balaban J connectivity index is 1.87. The van der Waals surface area contributed by atoms with E-state index in [1.165, 1.54) is 0 Å². The van der Waals surface area contributed by atoms with Gasteiger partial charge in [0.25, 0.3) is 0 Å². The molecule has 3 rings (SSSR count). The van der Waals surface area contributed by atoms with Crippen molar-refractivity contribution in [3.8, 4) is 5.75 Å². The van der Waals surface area contributed by atoms with E-state index in [0.717, 1.165) is 48.4 Å². The Morgan fingerprint density at radius 2 is 1.81 bits per heavy atom. The van der Waals surface area contributed by atoms with Gasteiger partial charge in [-0.25, -0.2) is 13.1 Å². The molecule has 0 bridgehead atoms. The van der Waals surface area contributed by atoms with Gasteiger partial charge in [-0.3, -0.25) is 4.90 Å². The summed E-state index contributed by atoms with van der Waals surface area (Å²) in [4.78, 5) is 2.69. The first-order chi connectivity index (χ1) is 12.9. The number of ether oxygens (including phenoxy) is 1. The lowest BCUT2D eigenvalue weighted by Gasteiger charge is -2.29. The molecule has 2 aromatic rings. The predicted molar refractivity (Wildman–Crippen MR) is 108 cm³/mol. The third kappa shape index (κ3) is 4.51. The van der Waals surface area contributed by atoms with Crippen LogP contribution in [0, 0.1) is 13.8 Å². The van der Waals surface area contributed by atoms with Crippen LogP contribution in [0.2, 0.25) is 0 Å². The smallest absolute Gasteiger partial charge is 0.240 e. The van der Waals surface area contributed by atoms with Crippen molar-refractivity contribution in [2.75, 3.05) is 26.7 Å². The van der Waals surface area contributed by atoms with E-state index in [1.807, 2.05) is 50.2 Å². The highest BCUT2D eigenvalue weighted by molar-refractivity contribution is 7.89. The lowest BCUT2D eigenvalue weighted by atomic mass is 10.0. The zero-order chi connectivity index (χ0) is 19.4. The molecule has 1 unspecified atom stereocenters. The molecule has 1 atom stereocenters. The Morgan fingerprint density at radius 3 is 2.52 bits per heavy atom. The van der Waals surface area contributed by atoms with Crippen molar-refractivity contribution < 1.29 is 13.2 Å². The summed E-state index contributed by atoms with van der Waals surface area (Å²) < 4.78 is 34.3. The zero-order valence-electron chi connectivity index (χ0n) is 16.2. The maximum atomic E-state index is 12.9. The summed E-state index contributed by atoms with van der Waals surface area (Å²) in [6, 6.07) is 13.3. The molecule has 1 fully saturated rings. The normalized spacial score (nSPS) is 16.4. The Hall–Kier alpha value is -1.89. The number of nitrogens with one attached hydrogen (secondary N) is 1. The van der Waals surface area contributed by atoms with Crippen molar-refractivity contribution in [1.29, 1.82) is 0 Å². The second-order valence-corrected chi connectivity index (χ2v) is 8.86. The van der Waals surface area contributed by atoms with E-state index >= 15 is 0 Å². The van der Waals surface area contributed by atoms with Gasteiger partial charge in [-0.2, -0.15) is 0 Å². The Morgan fingerprint density at radius 1 is 1.11 bits per heavy atom. The number of aryl methyl sites for hydroxylation is 2. The molecule has 0 radical (unpaired) electrons. The Kier molecular flexibility index (Phi) is 6.19. The van der Waals surface area contributed by atoms with Crippen LogP contribution in [0.25, 0.3) is 0 Å². The number of methoxy groups -OCH3 is 1. The van der Waals surface area contributed by atoms with Gasteiger partial charge >= 0.3 is 0 Å². The van der Waals surface area contributed by atoms with Crippen molar-refractivity contribution in [3.05, 3.63) is 59.2 Å². The highest BCUT2D eigenvalue weighted by Crippen LogP contribution is 2.31. The monoisotopic (exact) mass is 388 g/mol. The highest BCUT2D eigenvalue weighted by atomic mass is 32.2. The first kappa shape index (κ1) is 19.9. The maximum Gasteiger partial charge on any atom is 0.240 e. The second-order valence-electron chi connectivity index (χ2n) is 7.12. The summed E-state index contributed by atoms with van der Waals surface area (Å²) in [6.45, 7) is 5.98. The minimum absolute atomic E-state index is 0.0523. The molecule has 27 heavy (non-hydrogen) atoms. The van der Waals surface area contributed by atoms with Gasteiger partial charge in [0.05, 0.1) is 18.0 Å². The molecular formula is C21H28N2O3S. The molecule has 0 aliphatic carbocycles. The first-order valence-corrected chi connectivity index (χ1v) is 10.8. The molecule has 5 nitrogen and oxygen atoms in total. The van der Waals surface area contributed by atoms with E-state index < -0.39 is 10.0 Å². The molecule has 0 spiro atoms. The molecule has 0 saturated carbocycles. The fourth-order valence-corrected chi connectivity index (χ4v) is 5.06. The van der Waals surface area contributed by atoms with Crippen LogP contribution < -0.4 is 9.46 Å². The number of sulfonamides is 1. The number of para-hydroxylation sites is 1. The largest absolute Gasteiger partial charge is 0.496 e. The van der Waals surface area contributed by atoms with E-state index in [-0.39, 0.29) is 6.04 Å². The zero-order valence-corrected chi connectivity index (χ0v) is 17.1. The van der Waals surface area contributed by atoms with E-state index in [9.17, 15) is 8.42 Å². The molecule has 146 valence electrons. The molecule has 0 amide bonds. The van der Waals surface area contributed by atoms with E-state index in [0.29, 0.717) is 11.4 Å². The van der Waals surface area contributed by atoms with Gasteiger partial charge in [-0.1, -0.05) is 30.3 Å². The quantitative estimate of drug-likeness (QED) is 0.790. The van der Waals surface area contributed by atoms with Gasteiger partial charge < -0.3 is 4.74 Å². The van der Waals surface area contributed by atoms with Crippen LogP contribution in [0.4, 0.5) is 0 Å². The SMILES string of the molecule is COc1ccccc1C(CNS(=O)(=O)c1cc(C)ccc1C)N1CCCC1. The number of nitrogens with zero attached hydrogens (tertiary/aromatic N) is 1. The fourth-order valence-electron chi connectivity index (χ4n) is 3.69. The molecule has 1 saturated heterocycles. The van der Waals surface area contributed by atoms with E-state index in [4.69, 9.17) is 4.74 Å². The minimum Gasteiger partial charge on any atom is -0.496 e. The molecule has 1 N–H and O–H groups in total. The number of likely N-dealkylation sites (tertiary alicyclic amines) is 1. The molecular weight excluding hydrogens is 360 g/mol. The van der Waals surface area contributed by atoms with Gasteiger partial charge in [0, 0.05) is 12.1 Å². The van der Waals surface area contributed by atoms with E-state index in [1.54, 1.807) is 13.2 Å². The average molecular weight is 389 g/mol. The number of rotatable bonds is 7. The lowest BCUT2D eigenvalue weighted by molar-refractivity contribution is 0.240. The highest BCUT2D eigenvalue weighted by Gasteiger charge is 2.28. The molecule has 1 aliphatic rings. The van der Waals surface area contributed by atoms with Crippen molar-refractivity contribution in [1.82, 2.24) is 9.62 Å². The average Bonchev–Trinajstić information content (AvgIpc) is 3.18. The second kappa shape index (κ2) is 8.42. The van der Waals surface area contributed by atoms with Gasteiger partial charge in [0.15, 0.2) is 0 Å². The molecule has 6 heteroatoms. The standard InChI is InChI=1S/C21H28N2O3S/c1-16-10-11-17(2)21(14-16)27(24,25)22-15-19(23-12-6-7-13-23)18-8-4-5-9-20(18)26-3/h4-5,8-11,14,19,22H,6-7,12-13,15H2,1-3H3. The van der Waals surface area contributed by atoms with Gasteiger partial charge in [0.1, 0.15) is 5.75 Å². The molecule has 1 aliphatic heterocycles. The Labute approximate surface area is 162 Å². The fraction of sp³-hybridized carbons (Fsp3) is 0.429. The molecule has 1 heterocycles. The van der Waals surface area contributed by atoms with Crippen LogP contribution in [-0.4, -0.2) is 40.1 Å². The van der Waals surface area contributed by atoms with Gasteiger partial charge in [-0.05, 0) is 63.0 Å². The van der Waals surface area contributed by atoms with Gasteiger partial charge in [0.2, 0.25) is 10.0 Å². The van der Waals surface area contributed by atoms with Crippen molar-refractivity contribution >= 4 is 10.0 Å². The number of benzene rings is 2. The summed E-state index contributed by atoms with van der Waals surface area (Å²) in [6.07, 6.45) is 2.27. The van der Waals surface area contributed by atoms with Crippen molar-refractivity contribution in [2.45, 2.75) is 37.6 Å². The van der Waals surface area contributed by atoms with Crippen LogP contribution in [-0.2, 0) is 10.0 Å². The van der Waals surface area contributed by atoms with Crippen molar-refractivity contribution in [2.24, 2.45) is 0 Å². The van der Waals surface area contributed by atoms with Gasteiger partial charge in [-0.15, -0.1) is 0 Å². The molecule has 0 aromatic heterocycles. The minimum atomic E-state index is -3.58. The van der Waals surface area contributed by atoms with Crippen LogP contribution >= 0.6 is 0 Å². The third-order valence-electron chi connectivity index (χ3n) is 5.18. The number of hydrogen-bond acceptors (Lipinski definition) is 4. The first-order valence-electron chi connectivity index (χ1n) is 9.36. The van der Waals surface area contributed by atoms with E-state index in [2.05, 4.69) is 9.62 Å². The lowest BCUT2D eigenvalue weighted by Crippen LogP contribution is -2.37. The predicted octanol–water partition coefficient (Wildman–Crippen LogP) is 3.43. The topological polar surface area (TPSA) is 58.6 Å². The number of hydrogen-bond donors (Lipinski definition) is 1. The maximum absolute atomic E-state index is 12.9. The summed E-state index contributed by atoms with van der Waals surface area (Å²) in [5, 5.41) is 0. The third-order valence-corrected chi connectivity index (χ3v) is 6.74. The van der Waals surface area contributed by atoms with Crippen LogP contribution in [0.5, 0.6) is 5.75 Å². The van der Waals surface area contributed by atoms with Crippen LogP contribution in [0.15, 0.2) is 47.4 Å². The van der Waals surface area contributed by atoms with Crippen LogP contribution in [0.3, 0.4) is 0 Å². The molecule has 2 aromatic carbocycles. The summed E-state index contributed by atoms with van der Waals surface area (Å²) in [5.74, 6) is 0.792. The summed E-state index contributed by atoms with van der Waals surface area (Å²) >= 11 is 0. The Bertz CT molecular complexity index is 890. The summed E-state index contributed by atoms with van der Waals surface area (Å²) in [7, 11) is -1.93. The summed E-state index contributed by atoms with van der Waals surface area (Å²) in [5.41, 5.74) is 2.70. The van der Waals surface area contributed by atoms with Crippen molar-refractivity contribution in [3.63, 3.8) is 0 Å². The van der Waals surface area contributed by atoms with Crippen LogP contribution in [0.1, 0.15) is 35.6 Å².